The van der Waals surface area contributed by atoms with Crippen LogP contribution in [0.4, 0.5) is 10.5 Å². The molecule has 0 bridgehead atoms. The third-order valence-electron chi connectivity index (χ3n) is 3.73. The Morgan fingerprint density at radius 3 is 2.52 bits per heavy atom. The maximum absolute atomic E-state index is 12.4. The van der Waals surface area contributed by atoms with Gasteiger partial charge >= 0.3 is 6.03 Å². The number of nitrogens with one attached hydrogen (secondary N) is 1. The summed E-state index contributed by atoms with van der Waals surface area (Å²) in [5, 5.41) is 3.62. The number of hydrogen-bond donors (Lipinski definition) is 1. The molecule has 1 heterocycles. The molecule has 3 rings (SSSR count). The maximum Gasteiger partial charge on any atom is 0.322 e. The second-order valence-corrected chi connectivity index (χ2v) is 5.91. The summed E-state index contributed by atoms with van der Waals surface area (Å²) >= 11 is 6.16. The number of rotatable bonds is 2. The highest BCUT2D eigenvalue weighted by Crippen LogP contribution is 2.39. The van der Waals surface area contributed by atoms with E-state index in [0.29, 0.717) is 5.02 Å². The summed E-state index contributed by atoms with van der Waals surface area (Å²) in [4.78, 5) is 14.3. The first-order chi connectivity index (χ1) is 10.1. The Kier molecular flexibility index (Phi) is 3.60. The number of urea groups is 1. The van der Waals surface area contributed by atoms with Crippen molar-refractivity contribution >= 4 is 23.3 Å². The van der Waals surface area contributed by atoms with E-state index in [0.717, 1.165) is 16.8 Å². The molecule has 1 N–H and O–H groups in total. The van der Waals surface area contributed by atoms with Crippen molar-refractivity contribution in [2.24, 2.45) is 0 Å². The molecule has 1 atom stereocenters. The average molecular weight is 301 g/mol. The molecule has 2 aromatic rings. The van der Waals surface area contributed by atoms with E-state index < -0.39 is 0 Å². The molecule has 3 nitrogen and oxygen atoms in total. The van der Waals surface area contributed by atoms with E-state index in [2.05, 4.69) is 5.32 Å². The summed E-state index contributed by atoms with van der Waals surface area (Å²) < 4.78 is 0. The summed E-state index contributed by atoms with van der Waals surface area (Å²) in [6, 6.07) is 15.5. The van der Waals surface area contributed by atoms with Gasteiger partial charge in [0.2, 0.25) is 0 Å². The van der Waals surface area contributed by atoms with Crippen molar-refractivity contribution in [2.45, 2.75) is 25.9 Å². The van der Waals surface area contributed by atoms with E-state index in [1.54, 1.807) is 6.07 Å². The molecule has 1 aliphatic heterocycles. The molecule has 0 aliphatic carbocycles. The van der Waals surface area contributed by atoms with Crippen LogP contribution in [0.5, 0.6) is 0 Å². The van der Waals surface area contributed by atoms with Crippen LogP contribution in [0.15, 0.2) is 48.5 Å². The van der Waals surface area contributed by atoms with Gasteiger partial charge in [-0.1, -0.05) is 41.9 Å². The Hall–Kier alpha value is -2.00. The van der Waals surface area contributed by atoms with Gasteiger partial charge in [0.15, 0.2) is 0 Å². The summed E-state index contributed by atoms with van der Waals surface area (Å²) in [6.07, 6.45) is 0. The van der Waals surface area contributed by atoms with Crippen LogP contribution < -0.4 is 5.32 Å². The molecule has 0 spiro atoms. The van der Waals surface area contributed by atoms with E-state index in [-0.39, 0.29) is 18.1 Å². The minimum absolute atomic E-state index is 0.0753. The fourth-order valence-electron chi connectivity index (χ4n) is 2.83. The lowest BCUT2D eigenvalue weighted by Crippen LogP contribution is -2.46. The first kappa shape index (κ1) is 14.0. The molecular formula is C17H17ClN2O. The maximum atomic E-state index is 12.4. The normalized spacial score (nSPS) is 17.6. The van der Waals surface area contributed by atoms with Gasteiger partial charge in [0.25, 0.3) is 0 Å². The van der Waals surface area contributed by atoms with Gasteiger partial charge in [0.05, 0.1) is 6.04 Å². The van der Waals surface area contributed by atoms with E-state index in [9.17, 15) is 4.79 Å². The molecule has 2 aromatic carbocycles. The van der Waals surface area contributed by atoms with Crippen molar-refractivity contribution < 1.29 is 4.79 Å². The van der Waals surface area contributed by atoms with Crippen molar-refractivity contribution in [2.75, 3.05) is 5.32 Å². The summed E-state index contributed by atoms with van der Waals surface area (Å²) in [5.41, 5.74) is 2.95. The Morgan fingerprint density at radius 2 is 1.86 bits per heavy atom. The quantitative estimate of drug-likeness (QED) is 0.857. The van der Waals surface area contributed by atoms with Crippen molar-refractivity contribution in [3.8, 4) is 0 Å². The zero-order chi connectivity index (χ0) is 15.0. The Balaban J connectivity index is 2.20. The van der Waals surface area contributed by atoms with Gasteiger partial charge in [0.1, 0.15) is 0 Å². The number of carbonyl (C=O) groups excluding carboxylic acids is 1. The van der Waals surface area contributed by atoms with Crippen LogP contribution in [0.25, 0.3) is 0 Å². The van der Waals surface area contributed by atoms with Gasteiger partial charge in [0, 0.05) is 22.3 Å². The number of benzene rings is 2. The number of nitrogens with zero attached hydrogens (tertiary/aromatic N) is 1. The van der Waals surface area contributed by atoms with Crippen molar-refractivity contribution in [3.63, 3.8) is 0 Å². The smallest absolute Gasteiger partial charge is 0.311 e. The lowest BCUT2D eigenvalue weighted by Gasteiger charge is -2.40. The first-order valence-corrected chi connectivity index (χ1v) is 7.39. The van der Waals surface area contributed by atoms with Crippen LogP contribution in [-0.4, -0.2) is 17.0 Å². The molecule has 108 valence electrons. The highest BCUT2D eigenvalue weighted by atomic mass is 35.5. The molecule has 2 amide bonds. The largest absolute Gasteiger partial charge is 0.322 e. The fraction of sp³-hybridized carbons (Fsp3) is 0.235. The number of carbonyl (C=O) groups is 1. The number of anilines is 1. The summed E-state index contributed by atoms with van der Waals surface area (Å²) in [7, 11) is 0. The topological polar surface area (TPSA) is 32.3 Å². The molecule has 1 unspecified atom stereocenters. The number of fused-ring (bicyclic) bond motifs is 1. The Labute approximate surface area is 129 Å². The highest BCUT2D eigenvalue weighted by Gasteiger charge is 2.35. The monoisotopic (exact) mass is 300 g/mol. The van der Waals surface area contributed by atoms with E-state index >= 15 is 0 Å². The molecule has 0 aromatic heterocycles. The fourth-order valence-corrected chi connectivity index (χ4v) is 3.01. The zero-order valence-corrected chi connectivity index (χ0v) is 12.8. The van der Waals surface area contributed by atoms with Crippen molar-refractivity contribution in [3.05, 3.63) is 64.7 Å². The summed E-state index contributed by atoms with van der Waals surface area (Å²) in [6.45, 7) is 4.04. The van der Waals surface area contributed by atoms with Crippen LogP contribution in [-0.2, 0) is 0 Å². The van der Waals surface area contributed by atoms with Crippen LogP contribution >= 0.6 is 11.6 Å². The highest BCUT2D eigenvalue weighted by molar-refractivity contribution is 6.30. The van der Waals surface area contributed by atoms with Crippen molar-refractivity contribution in [1.82, 2.24) is 4.90 Å². The minimum atomic E-state index is -0.117. The third kappa shape index (κ3) is 2.49. The van der Waals surface area contributed by atoms with Gasteiger partial charge in [-0.05, 0) is 37.6 Å². The van der Waals surface area contributed by atoms with Gasteiger partial charge in [-0.15, -0.1) is 0 Å². The first-order valence-electron chi connectivity index (χ1n) is 7.01. The molecule has 1 aliphatic rings. The average Bonchev–Trinajstić information content (AvgIpc) is 2.47. The number of hydrogen-bond acceptors (Lipinski definition) is 1. The lowest BCUT2D eigenvalue weighted by molar-refractivity contribution is 0.176. The Morgan fingerprint density at radius 1 is 1.14 bits per heavy atom. The molecule has 0 fully saturated rings. The van der Waals surface area contributed by atoms with Crippen LogP contribution in [0.3, 0.4) is 0 Å². The molecule has 0 saturated carbocycles. The zero-order valence-electron chi connectivity index (χ0n) is 12.0. The van der Waals surface area contributed by atoms with Crippen LogP contribution in [0, 0.1) is 0 Å². The predicted octanol–water partition coefficient (Wildman–Crippen LogP) is 4.69. The van der Waals surface area contributed by atoms with Gasteiger partial charge in [-0.3, -0.25) is 0 Å². The molecular weight excluding hydrogens is 284 g/mol. The number of halogens is 1. The van der Waals surface area contributed by atoms with E-state index in [1.807, 2.05) is 61.2 Å². The summed E-state index contributed by atoms with van der Waals surface area (Å²) in [5.74, 6) is 0. The lowest BCUT2D eigenvalue weighted by atomic mass is 9.93. The third-order valence-corrected chi connectivity index (χ3v) is 3.97. The minimum Gasteiger partial charge on any atom is -0.311 e. The molecule has 0 radical (unpaired) electrons. The SMILES string of the molecule is CC(C)N1C(=O)Nc2ccc(Cl)cc2C1c1ccccc1. The van der Waals surface area contributed by atoms with Crippen LogP contribution in [0.1, 0.15) is 31.0 Å². The standard InChI is InChI=1S/C17H17ClN2O/c1-11(2)20-16(12-6-4-3-5-7-12)14-10-13(18)8-9-15(14)19-17(20)21/h3-11,16H,1-2H3,(H,19,21). The van der Waals surface area contributed by atoms with Crippen LogP contribution in [0.2, 0.25) is 5.02 Å². The Bertz CT molecular complexity index is 670. The van der Waals surface area contributed by atoms with Gasteiger partial charge in [-0.2, -0.15) is 0 Å². The number of amides is 2. The predicted molar refractivity (Wildman–Crippen MR) is 85.7 cm³/mol. The van der Waals surface area contributed by atoms with Gasteiger partial charge in [-0.25, -0.2) is 4.79 Å². The van der Waals surface area contributed by atoms with Gasteiger partial charge < -0.3 is 10.2 Å². The second-order valence-electron chi connectivity index (χ2n) is 5.48. The molecule has 4 heteroatoms. The van der Waals surface area contributed by atoms with Crippen molar-refractivity contribution in [1.29, 1.82) is 0 Å². The molecule has 0 saturated heterocycles. The second kappa shape index (κ2) is 5.41. The molecule has 21 heavy (non-hydrogen) atoms. The van der Waals surface area contributed by atoms with E-state index in [1.165, 1.54) is 0 Å². The van der Waals surface area contributed by atoms with E-state index in [4.69, 9.17) is 11.6 Å².